The Morgan fingerprint density at radius 3 is 2.59 bits per heavy atom. The molecule has 22 heavy (non-hydrogen) atoms. The third kappa shape index (κ3) is 6.12. The highest BCUT2D eigenvalue weighted by Gasteiger charge is 2.26. The third-order valence-electron chi connectivity index (χ3n) is 3.16. The quantitative estimate of drug-likeness (QED) is 0.640. The predicted octanol–water partition coefficient (Wildman–Crippen LogP) is 3.87. The summed E-state index contributed by atoms with van der Waals surface area (Å²) >= 11 is 0. The van der Waals surface area contributed by atoms with Gasteiger partial charge in [0.25, 0.3) is 0 Å². The smallest absolute Gasteiger partial charge is 0.244 e. The Hall–Kier alpha value is -2.10. The summed E-state index contributed by atoms with van der Waals surface area (Å²) < 4.78 is 19.1. The summed E-state index contributed by atoms with van der Waals surface area (Å²) in [6.45, 7) is 8.07. The molecule has 0 aliphatic carbocycles. The summed E-state index contributed by atoms with van der Waals surface area (Å²) in [7, 11) is 0. The van der Waals surface area contributed by atoms with Gasteiger partial charge < -0.3 is 10.1 Å². The number of amides is 1. The van der Waals surface area contributed by atoms with E-state index in [4.69, 9.17) is 4.74 Å². The van der Waals surface area contributed by atoms with Crippen molar-refractivity contribution in [1.82, 2.24) is 5.32 Å². The van der Waals surface area contributed by atoms with Crippen molar-refractivity contribution in [3.8, 4) is 5.75 Å². The van der Waals surface area contributed by atoms with Crippen molar-refractivity contribution >= 4 is 5.91 Å². The molecule has 1 rings (SSSR count). The van der Waals surface area contributed by atoms with Crippen molar-refractivity contribution in [1.29, 1.82) is 0 Å². The summed E-state index contributed by atoms with van der Waals surface area (Å²) in [5, 5.41) is 2.90. The molecule has 0 radical (unpaired) electrons. The molecule has 1 aromatic carbocycles. The molecule has 0 aliphatic heterocycles. The molecule has 0 spiro atoms. The zero-order valence-corrected chi connectivity index (χ0v) is 13.6. The number of hydrogen-bond acceptors (Lipinski definition) is 2. The molecule has 1 aromatic rings. The van der Waals surface area contributed by atoms with Crippen LogP contribution in [0, 0.1) is 11.2 Å². The Kier molecular flexibility index (Phi) is 6.83. The monoisotopic (exact) mass is 305 g/mol. The topological polar surface area (TPSA) is 38.3 Å². The Balaban J connectivity index is 2.70. The lowest BCUT2D eigenvalue weighted by Gasteiger charge is -2.31. The van der Waals surface area contributed by atoms with E-state index in [2.05, 4.69) is 5.32 Å². The van der Waals surface area contributed by atoms with Gasteiger partial charge in [0.2, 0.25) is 5.91 Å². The maximum absolute atomic E-state index is 13.6. The van der Waals surface area contributed by atoms with Crippen molar-refractivity contribution in [2.45, 2.75) is 33.7 Å². The minimum atomic E-state index is -0.408. The normalized spacial score (nSPS) is 13.5. The molecule has 0 saturated heterocycles. The van der Waals surface area contributed by atoms with Crippen molar-refractivity contribution < 1.29 is 13.9 Å². The molecule has 0 aromatic heterocycles. The molecular weight excluding hydrogens is 281 g/mol. The van der Waals surface area contributed by atoms with E-state index in [9.17, 15) is 9.18 Å². The van der Waals surface area contributed by atoms with E-state index in [1.165, 1.54) is 12.1 Å². The van der Waals surface area contributed by atoms with Gasteiger partial charge >= 0.3 is 0 Å². The van der Waals surface area contributed by atoms with Crippen LogP contribution in [0.4, 0.5) is 4.39 Å². The van der Waals surface area contributed by atoms with E-state index in [1.807, 2.05) is 33.8 Å². The van der Waals surface area contributed by atoms with Gasteiger partial charge in [-0.1, -0.05) is 51.1 Å². The largest absolute Gasteiger partial charge is 0.488 e. The summed E-state index contributed by atoms with van der Waals surface area (Å²) in [5.41, 5.74) is -0.213. The maximum Gasteiger partial charge on any atom is 0.244 e. The summed E-state index contributed by atoms with van der Waals surface area (Å²) in [4.78, 5) is 11.9. The van der Waals surface area contributed by atoms with E-state index >= 15 is 0 Å². The molecule has 0 aliphatic rings. The minimum Gasteiger partial charge on any atom is -0.488 e. The fraction of sp³-hybridized carbons (Fsp3) is 0.389. The summed E-state index contributed by atoms with van der Waals surface area (Å²) in [5.74, 6) is -0.417. The first-order valence-electron chi connectivity index (χ1n) is 7.31. The molecule has 0 fully saturated rings. The van der Waals surface area contributed by atoms with Crippen LogP contribution in [0.15, 0.2) is 48.6 Å². The van der Waals surface area contributed by atoms with E-state index in [0.29, 0.717) is 0 Å². The zero-order chi connectivity index (χ0) is 16.6. The highest BCUT2D eigenvalue weighted by molar-refractivity contribution is 5.88. The average molecular weight is 305 g/mol. The lowest BCUT2D eigenvalue weighted by molar-refractivity contribution is -0.118. The Labute approximate surface area is 131 Å². The Morgan fingerprint density at radius 1 is 1.32 bits per heavy atom. The van der Waals surface area contributed by atoms with Crippen LogP contribution >= 0.6 is 0 Å². The average Bonchev–Trinajstić information content (AvgIpc) is 2.44. The third-order valence-corrected chi connectivity index (χ3v) is 3.16. The van der Waals surface area contributed by atoms with E-state index < -0.39 is 5.82 Å². The number of rotatable bonds is 6. The lowest BCUT2D eigenvalue weighted by Crippen LogP contribution is -2.47. The molecular formula is C18H24FNO2. The number of carbonyl (C=O) groups is 1. The van der Waals surface area contributed by atoms with Gasteiger partial charge in [-0.3, -0.25) is 4.79 Å². The minimum absolute atomic E-state index is 0.190. The first-order chi connectivity index (χ1) is 10.3. The molecule has 4 heteroatoms. The van der Waals surface area contributed by atoms with Crippen LogP contribution in [0.25, 0.3) is 0 Å². The van der Waals surface area contributed by atoms with Crippen molar-refractivity contribution in [3.05, 3.63) is 54.4 Å². The van der Waals surface area contributed by atoms with Crippen LogP contribution in [0.2, 0.25) is 0 Å². The number of carbonyl (C=O) groups excluding carboxylic acids is 1. The molecule has 1 N–H and O–H groups in total. The van der Waals surface area contributed by atoms with E-state index in [0.717, 1.165) is 0 Å². The van der Waals surface area contributed by atoms with Gasteiger partial charge in [0, 0.05) is 6.08 Å². The molecule has 1 atom stereocenters. The van der Waals surface area contributed by atoms with E-state index in [-0.39, 0.29) is 29.7 Å². The van der Waals surface area contributed by atoms with Crippen LogP contribution in [-0.2, 0) is 4.79 Å². The number of hydrogen-bond donors (Lipinski definition) is 1. The number of nitrogens with one attached hydrogen (secondary N) is 1. The summed E-state index contributed by atoms with van der Waals surface area (Å²) in [6.07, 6.45) is 6.75. The SMILES string of the molecule is CC=CC=CC(=O)NC(COc1ccccc1F)C(C)(C)C. The first-order valence-corrected chi connectivity index (χ1v) is 7.31. The van der Waals surface area contributed by atoms with Crippen molar-refractivity contribution in [2.24, 2.45) is 5.41 Å². The lowest BCUT2D eigenvalue weighted by atomic mass is 9.87. The predicted molar refractivity (Wildman–Crippen MR) is 87.2 cm³/mol. The highest BCUT2D eigenvalue weighted by atomic mass is 19.1. The van der Waals surface area contributed by atoms with Gasteiger partial charge in [-0.2, -0.15) is 0 Å². The van der Waals surface area contributed by atoms with Gasteiger partial charge in [0.1, 0.15) is 6.61 Å². The number of para-hydroxylation sites is 1. The highest BCUT2D eigenvalue weighted by Crippen LogP contribution is 2.22. The van der Waals surface area contributed by atoms with Crippen LogP contribution in [0.3, 0.4) is 0 Å². The molecule has 3 nitrogen and oxygen atoms in total. The van der Waals surface area contributed by atoms with Crippen LogP contribution in [0.5, 0.6) is 5.75 Å². The number of benzene rings is 1. The van der Waals surface area contributed by atoms with Crippen LogP contribution in [0.1, 0.15) is 27.7 Å². The fourth-order valence-corrected chi connectivity index (χ4v) is 1.72. The molecule has 0 heterocycles. The van der Waals surface area contributed by atoms with Gasteiger partial charge in [-0.15, -0.1) is 0 Å². The second-order valence-corrected chi connectivity index (χ2v) is 6.05. The maximum atomic E-state index is 13.6. The molecule has 1 unspecified atom stereocenters. The van der Waals surface area contributed by atoms with E-state index in [1.54, 1.807) is 30.4 Å². The molecule has 0 saturated carbocycles. The fourth-order valence-electron chi connectivity index (χ4n) is 1.72. The summed E-state index contributed by atoms with van der Waals surface area (Å²) in [6, 6.07) is 6.00. The van der Waals surface area contributed by atoms with Crippen LogP contribution in [-0.4, -0.2) is 18.6 Å². The van der Waals surface area contributed by atoms with Crippen molar-refractivity contribution in [2.75, 3.05) is 6.61 Å². The van der Waals surface area contributed by atoms with Crippen LogP contribution < -0.4 is 10.1 Å². The number of halogens is 1. The second-order valence-electron chi connectivity index (χ2n) is 6.05. The van der Waals surface area contributed by atoms with Gasteiger partial charge in [-0.25, -0.2) is 4.39 Å². The first kappa shape index (κ1) is 18.0. The Morgan fingerprint density at radius 2 is 2.00 bits per heavy atom. The molecule has 0 bridgehead atoms. The van der Waals surface area contributed by atoms with Gasteiger partial charge in [-0.05, 0) is 24.5 Å². The van der Waals surface area contributed by atoms with Gasteiger partial charge in [0.15, 0.2) is 11.6 Å². The number of ether oxygens (including phenoxy) is 1. The Bertz CT molecular complexity index is 544. The number of allylic oxidation sites excluding steroid dienone is 3. The zero-order valence-electron chi connectivity index (χ0n) is 13.6. The molecule has 120 valence electrons. The second kappa shape index (κ2) is 8.37. The molecule has 1 amide bonds. The van der Waals surface area contributed by atoms with Crippen molar-refractivity contribution in [3.63, 3.8) is 0 Å². The van der Waals surface area contributed by atoms with Gasteiger partial charge in [0.05, 0.1) is 6.04 Å². The standard InChI is InChI=1S/C18H24FNO2/c1-5-6-7-12-17(21)20-16(18(2,3)4)13-22-15-11-9-8-10-14(15)19/h5-12,16H,13H2,1-4H3,(H,20,21).